The highest BCUT2D eigenvalue weighted by atomic mass is 14.9. The highest BCUT2D eigenvalue weighted by Gasteiger charge is 2.26. The molecule has 0 spiro atoms. The fourth-order valence-corrected chi connectivity index (χ4v) is 6.63. The summed E-state index contributed by atoms with van der Waals surface area (Å²) in [4.78, 5) is 9.63. The Balaban J connectivity index is 1.22. The van der Waals surface area contributed by atoms with Gasteiger partial charge in [0.15, 0.2) is 0 Å². The third-order valence-electron chi connectivity index (χ3n) is 9.28. The molecule has 2 aliphatic carbocycles. The average molecular weight is 469 g/mol. The lowest BCUT2D eigenvalue weighted by Gasteiger charge is -2.31. The quantitative estimate of drug-likeness (QED) is 0.225. The molecule has 0 radical (unpaired) electrons. The second kappa shape index (κ2) is 16.7. The zero-order valence-corrected chi connectivity index (χ0v) is 22.9. The van der Waals surface area contributed by atoms with E-state index in [1.807, 2.05) is 0 Å². The van der Waals surface area contributed by atoms with Crippen molar-refractivity contribution in [3.63, 3.8) is 0 Å². The van der Waals surface area contributed by atoms with Gasteiger partial charge >= 0.3 is 0 Å². The van der Waals surface area contributed by atoms with Crippen molar-refractivity contribution in [3.8, 4) is 0 Å². The minimum Gasteiger partial charge on any atom is -0.241 e. The van der Waals surface area contributed by atoms with Crippen molar-refractivity contribution in [2.75, 3.05) is 0 Å². The molecule has 0 aromatic carbocycles. The van der Waals surface area contributed by atoms with Crippen LogP contribution in [-0.2, 0) is 6.42 Å². The first-order valence-electron chi connectivity index (χ1n) is 15.6. The zero-order valence-electron chi connectivity index (χ0n) is 22.9. The third-order valence-corrected chi connectivity index (χ3v) is 9.28. The topological polar surface area (TPSA) is 25.8 Å². The zero-order chi connectivity index (χ0) is 23.8. The summed E-state index contributed by atoms with van der Waals surface area (Å²) >= 11 is 0. The predicted molar refractivity (Wildman–Crippen MR) is 147 cm³/mol. The summed E-state index contributed by atoms with van der Waals surface area (Å²) in [6.07, 6.45) is 35.2. The maximum atomic E-state index is 4.81. The van der Waals surface area contributed by atoms with Gasteiger partial charge in [-0.2, -0.15) is 0 Å². The molecule has 34 heavy (non-hydrogen) atoms. The van der Waals surface area contributed by atoms with E-state index >= 15 is 0 Å². The molecule has 2 aliphatic rings. The Kier molecular flexibility index (Phi) is 13.6. The van der Waals surface area contributed by atoms with E-state index in [2.05, 4.69) is 26.2 Å². The normalized spacial score (nSPS) is 25.5. The van der Waals surface area contributed by atoms with Gasteiger partial charge in [-0.3, -0.25) is 0 Å². The Morgan fingerprint density at radius 3 is 1.59 bits per heavy atom. The molecule has 0 atom stereocenters. The Hall–Kier alpha value is -0.920. The van der Waals surface area contributed by atoms with Gasteiger partial charge < -0.3 is 0 Å². The van der Waals surface area contributed by atoms with Gasteiger partial charge in [-0.05, 0) is 61.8 Å². The smallest absolute Gasteiger partial charge is 0.131 e. The van der Waals surface area contributed by atoms with Crippen LogP contribution < -0.4 is 0 Å². The number of hydrogen-bond acceptors (Lipinski definition) is 2. The second-order valence-corrected chi connectivity index (χ2v) is 12.0. The van der Waals surface area contributed by atoms with Gasteiger partial charge in [0.2, 0.25) is 0 Å². The SMILES string of the molecule is CCCCCCCCCCCCc1cnc(C2CCC(CCC3CCC(CC)CC3)CC2)nc1. The molecule has 0 amide bonds. The van der Waals surface area contributed by atoms with Crippen molar-refractivity contribution < 1.29 is 0 Å². The van der Waals surface area contributed by atoms with E-state index in [0.29, 0.717) is 5.92 Å². The fourth-order valence-electron chi connectivity index (χ4n) is 6.63. The minimum absolute atomic E-state index is 0.614. The van der Waals surface area contributed by atoms with Gasteiger partial charge in [-0.1, -0.05) is 117 Å². The molecule has 2 fully saturated rings. The van der Waals surface area contributed by atoms with Crippen LogP contribution in [0.1, 0.15) is 166 Å². The van der Waals surface area contributed by atoms with Crippen LogP contribution in [-0.4, -0.2) is 9.97 Å². The van der Waals surface area contributed by atoms with E-state index in [-0.39, 0.29) is 0 Å². The van der Waals surface area contributed by atoms with E-state index in [0.717, 1.165) is 30.0 Å². The van der Waals surface area contributed by atoms with Crippen molar-refractivity contribution in [2.45, 2.75) is 161 Å². The largest absolute Gasteiger partial charge is 0.241 e. The number of nitrogens with zero attached hydrogens (tertiary/aromatic N) is 2. The molecule has 0 saturated heterocycles. The Bertz CT molecular complexity index is 608. The van der Waals surface area contributed by atoms with Gasteiger partial charge in [0.1, 0.15) is 5.82 Å². The summed E-state index contributed by atoms with van der Waals surface area (Å²) in [6, 6.07) is 0. The number of rotatable bonds is 16. The predicted octanol–water partition coefficient (Wildman–Crippen LogP) is 10.2. The molecular weight excluding hydrogens is 412 g/mol. The lowest BCUT2D eigenvalue weighted by molar-refractivity contribution is 0.226. The second-order valence-electron chi connectivity index (χ2n) is 12.0. The molecule has 1 heterocycles. The molecule has 194 valence electrons. The number of aromatic nitrogens is 2. The van der Waals surface area contributed by atoms with Crippen molar-refractivity contribution in [3.05, 3.63) is 23.8 Å². The van der Waals surface area contributed by atoms with E-state index in [1.165, 1.54) is 140 Å². The molecule has 0 bridgehead atoms. The maximum Gasteiger partial charge on any atom is 0.131 e. The summed E-state index contributed by atoms with van der Waals surface area (Å²) in [6.45, 7) is 4.67. The summed E-state index contributed by atoms with van der Waals surface area (Å²) in [5.74, 6) is 4.78. The van der Waals surface area contributed by atoms with E-state index in [9.17, 15) is 0 Å². The van der Waals surface area contributed by atoms with Crippen LogP contribution >= 0.6 is 0 Å². The lowest BCUT2D eigenvalue weighted by Crippen LogP contribution is -2.18. The standard InChI is InChI=1S/C32H56N2/c1-3-5-6-7-8-9-10-11-12-13-14-30-25-33-32(34-26-30)31-23-21-29(22-24-31)20-19-28-17-15-27(4-2)16-18-28/h25-29,31H,3-24H2,1-2H3. The number of hydrogen-bond donors (Lipinski definition) is 0. The van der Waals surface area contributed by atoms with Crippen LogP contribution in [0.2, 0.25) is 0 Å². The molecule has 0 unspecified atom stereocenters. The number of unbranched alkanes of at least 4 members (excludes halogenated alkanes) is 9. The minimum atomic E-state index is 0.614. The molecule has 2 saturated carbocycles. The van der Waals surface area contributed by atoms with Crippen LogP contribution in [0.5, 0.6) is 0 Å². The lowest BCUT2D eigenvalue weighted by atomic mass is 9.75. The van der Waals surface area contributed by atoms with Gasteiger partial charge in [-0.25, -0.2) is 9.97 Å². The summed E-state index contributed by atoms with van der Waals surface area (Å²) in [5, 5.41) is 0. The van der Waals surface area contributed by atoms with Gasteiger partial charge in [0, 0.05) is 18.3 Å². The Morgan fingerprint density at radius 2 is 1.06 bits per heavy atom. The van der Waals surface area contributed by atoms with Crippen LogP contribution in [0.25, 0.3) is 0 Å². The van der Waals surface area contributed by atoms with Crippen LogP contribution in [0.4, 0.5) is 0 Å². The van der Waals surface area contributed by atoms with Crippen molar-refractivity contribution >= 4 is 0 Å². The van der Waals surface area contributed by atoms with Crippen LogP contribution in [0.3, 0.4) is 0 Å². The molecule has 2 heteroatoms. The summed E-state index contributed by atoms with van der Waals surface area (Å²) < 4.78 is 0. The summed E-state index contributed by atoms with van der Waals surface area (Å²) in [5.41, 5.74) is 1.34. The van der Waals surface area contributed by atoms with E-state index < -0.39 is 0 Å². The molecule has 3 rings (SSSR count). The molecule has 2 nitrogen and oxygen atoms in total. The third kappa shape index (κ3) is 10.4. The molecule has 0 N–H and O–H groups in total. The summed E-state index contributed by atoms with van der Waals surface area (Å²) in [7, 11) is 0. The monoisotopic (exact) mass is 468 g/mol. The first kappa shape index (κ1) is 27.7. The van der Waals surface area contributed by atoms with E-state index in [1.54, 1.807) is 0 Å². The van der Waals surface area contributed by atoms with Crippen molar-refractivity contribution in [1.82, 2.24) is 9.97 Å². The highest BCUT2D eigenvalue weighted by Crippen LogP contribution is 2.39. The van der Waals surface area contributed by atoms with Gasteiger partial charge in [-0.15, -0.1) is 0 Å². The fraction of sp³-hybridized carbons (Fsp3) is 0.875. The maximum absolute atomic E-state index is 4.81. The molecule has 1 aromatic heterocycles. The average Bonchev–Trinajstić information content (AvgIpc) is 2.89. The number of aryl methyl sites for hydroxylation is 1. The first-order chi connectivity index (χ1) is 16.8. The van der Waals surface area contributed by atoms with Crippen molar-refractivity contribution in [1.29, 1.82) is 0 Å². The Labute approximate surface area is 212 Å². The first-order valence-corrected chi connectivity index (χ1v) is 15.6. The molecular formula is C32H56N2. The Morgan fingerprint density at radius 1 is 0.588 bits per heavy atom. The van der Waals surface area contributed by atoms with Crippen LogP contribution in [0, 0.1) is 17.8 Å². The van der Waals surface area contributed by atoms with Gasteiger partial charge in [0.05, 0.1) is 0 Å². The van der Waals surface area contributed by atoms with Crippen LogP contribution in [0.15, 0.2) is 12.4 Å². The molecule has 1 aromatic rings. The van der Waals surface area contributed by atoms with Gasteiger partial charge in [0.25, 0.3) is 0 Å². The molecule has 0 aliphatic heterocycles. The van der Waals surface area contributed by atoms with E-state index in [4.69, 9.17) is 9.97 Å². The van der Waals surface area contributed by atoms with Crippen molar-refractivity contribution in [2.24, 2.45) is 17.8 Å². The highest BCUT2D eigenvalue weighted by molar-refractivity contribution is 5.08.